The fourth-order valence-corrected chi connectivity index (χ4v) is 2.45. The predicted octanol–water partition coefficient (Wildman–Crippen LogP) is 2.89. The Bertz CT molecular complexity index is 716. The largest absolute Gasteiger partial charge is 0.392 e. The number of aromatic nitrogens is 2. The molecule has 0 unspecified atom stereocenters. The minimum absolute atomic E-state index is 0.0447. The van der Waals surface area contributed by atoms with Crippen LogP contribution in [0.2, 0.25) is 0 Å². The second-order valence-corrected chi connectivity index (χ2v) is 4.80. The molecule has 3 nitrogen and oxygen atoms in total. The molecule has 0 radical (unpaired) electrons. The number of fused-ring (bicyclic) bond motifs is 1. The predicted molar refractivity (Wildman–Crippen MR) is 75.9 cm³/mol. The van der Waals surface area contributed by atoms with Gasteiger partial charge < -0.3 is 9.67 Å². The third-order valence-corrected chi connectivity index (χ3v) is 3.32. The van der Waals surface area contributed by atoms with E-state index in [1.54, 1.807) is 6.20 Å². The fraction of sp³-hybridized carbons (Fsp3) is 0.188. The average molecular weight is 252 g/mol. The van der Waals surface area contributed by atoms with Crippen molar-refractivity contribution in [1.29, 1.82) is 0 Å². The Morgan fingerprint density at radius 2 is 2.11 bits per heavy atom. The van der Waals surface area contributed by atoms with Crippen molar-refractivity contribution in [3.05, 3.63) is 65.5 Å². The van der Waals surface area contributed by atoms with Gasteiger partial charge >= 0.3 is 0 Å². The second-order valence-electron chi connectivity index (χ2n) is 4.80. The van der Waals surface area contributed by atoms with Crippen molar-refractivity contribution >= 4 is 11.0 Å². The van der Waals surface area contributed by atoms with E-state index >= 15 is 0 Å². The summed E-state index contributed by atoms with van der Waals surface area (Å²) in [6.45, 7) is 2.91. The Balaban J connectivity index is 2.06. The highest BCUT2D eigenvalue weighted by Gasteiger charge is 2.08. The van der Waals surface area contributed by atoms with Crippen molar-refractivity contribution in [2.75, 3.05) is 0 Å². The molecule has 2 heterocycles. The number of rotatable bonds is 3. The lowest BCUT2D eigenvalue weighted by Crippen LogP contribution is -1.99. The first kappa shape index (κ1) is 11.9. The third kappa shape index (κ3) is 2.25. The Hall–Kier alpha value is -2.13. The maximum absolute atomic E-state index is 9.42. The second kappa shape index (κ2) is 4.86. The molecule has 0 fully saturated rings. The SMILES string of the molecule is Cc1cccc(Cn2cc(CO)c3cccnc32)c1. The maximum atomic E-state index is 9.42. The van der Waals surface area contributed by atoms with Crippen LogP contribution in [0.25, 0.3) is 11.0 Å². The molecule has 0 saturated carbocycles. The molecule has 0 atom stereocenters. The molecule has 0 aliphatic rings. The zero-order valence-electron chi connectivity index (χ0n) is 10.9. The number of benzene rings is 1. The van der Waals surface area contributed by atoms with Crippen molar-refractivity contribution < 1.29 is 5.11 Å². The molecule has 0 aliphatic heterocycles. The van der Waals surface area contributed by atoms with Gasteiger partial charge in [0.2, 0.25) is 0 Å². The molecule has 96 valence electrons. The highest BCUT2D eigenvalue weighted by atomic mass is 16.3. The number of hydrogen-bond donors (Lipinski definition) is 1. The highest BCUT2D eigenvalue weighted by Crippen LogP contribution is 2.20. The number of aliphatic hydroxyl groups excluding tert-OH is 1. The van der Waals surface area contributed by atoms with Gasteiger partial charge in [-0.2, -0.15) is 0 Å². The van der Waals surface area contributed by atoms with Crippen molar-refractivity contribution in [1.82, 2.24) is 9.55 Å². The van der Waals surface area contributed by atoms with Crippen LogP contribution in [-0.2, 0) is 13.2 Å². The summed E-state index contributed by atoms with van der Waals surface area (Å²) in [6, 6.07) is 12.3. The van der Waals surface area contributed by atoms with Gasteiger partial charge in [0.05, 0.1) is 6.61 Å². The van der Waals surface area contributed by atoms with E-state index in [0.29, 0.717) is 0 Å². The first-order valence-electron chi connectivity index (χ1n) is 6.37. The van der Waals surface area contributed by atoms with Crippen molar-refractivity contribution in [2.24, 2.45) is 0 Å². The molecule has 0 amide bonds. The van der Waals surface area contributed by atoms with Crippen LogP contribution >= 0.6 is 0 Å². The molecule has 19 heavy (non-hydrogen) atoms. The normalized spacial score (nSPS) is 11.1. The molecular weight excluding hydrogens is 236 g/mol. The van der Waals surface area contributed by atoms with Crippen LogP contribution in [0.1, 0.15) is 16.7 Å². The van der Waals surface area contributed by atoms with E-state index in [-0.39, 0.29) is 6.61 Å². The summed E-state index contributed by atoms with van der Waals surface area (Å²) >= 11 is 0. The van der Waals surface area contributed by atoms with Gasteiger partial charge in [-0.05, 0) is 24.6 Å². The van der Waals surface area contributed by atoms with Gasteiger partial charge in [-0.15, -0.1) is 0 Å². The molecular formula is C16H16N2O. The van der Waals surface area contributed by atoms with E-state index in [1.807, 2.05) is 18.3 Å². The van der Waals surface area contributed by atoms with Gasteiger partial charge in [0.25, 0.3) is 0 Å². The van der Waals surface area contributed by atoms with Crippen molar-refractivity contribution in [2.45, 2.75) is 20.1 Å². The van der Waals surface area contributed by atoms with E-state index in [9.17, 15) is 5.11 Å². The zero-order chi connectivity index (χ0) is 13.2. The zero-order valence-corrected chi connectivity index (χ0v) is 10.9. The third-order valence-electron chi connectivity index (χ3n) is 3.32. The molecule has 0 saturated heterocycles. The van der Waals surface area contributed by atoms with Crippen LogP contribution in [0.15, 0.2) is 48.8 Å². The summed E-state index contributed by atoms with van der Waals surface area (Å²) in [5.41, 5.74) is 4.35. The van der Waals surface area contributed by atoms with Crippen LogP contribution in [0.4, 0.5) is 0 Å². The molecule has 0 bridgehead atoms. The molecule has 3 rings (SSSR count). The summed E-state index contributed by atoms with van der Waals surface area (Å²) in [7, 11) is 0. The van der Waals surface area contributed by atoms with Crippen molar-refractivity contribution in [3.63, 3.8) is 0 Å². The summed E-state index contributed by atoms with van der Waals surface area (Å²) in [6.07, 6.45) is 3.77. The molecule has 3 heteroatoms. The number of hydrogen-bond acceptors (Lipinski definition) is 2. The average Bonchev–Trinajstić information content (AvgIpc) is 2.77. The quantitative estimate of drug-likeness (QED) is 0.778. The van der Waals surface area contributed by atoms with Gasteiger partial charge in [-0.25, -0.2) is 4.98 Å². The Kier molecular flexibility index (Phi) is 3.05. The monoisotopic (exact) mass is 252 g/mol. The van der Waals surface area contributed by atoms with E-state index in [4.69, 9.17) is 0 Å². The Morgan fingerprint density at radius 1 is 1.21 bits per heavy atom. The molecule has 2 aromatic heterocycles. The van der Waals surface area contributed by atoms with E-state index in [1.165, 1.54) is 11.1 Å². The smallest absolute Gasteiger partial charge is 0.140 e. The topological polar surface area (TPSA) is 38.0 Å². The molecule has 3 aromatic rings. The molecule has 0 spiro atoms. The van der Waals surface area contributed by atoms with Crippen LogP contribution < -0.4 is 0 Å². The van der Waals surface area contributed by atoms with Crippen LogP contribution in [0.5, 0.6) is 0 Å². The lowest BCUT2D eigenvalue weighted by atomic mass is 10.1. The van der Waals surface area contributed by atoms with E-state index in [0.717, 1.165) is 23.1 Å². The maximum Gasteiger partial charge on any atom is 0.140 e. The Morgan fingerprint density at radius 3 is 2.89 bits per heavy atom. The van der Waals surface area contributed by atoms with Gasteiger partial charge in [-0.1, -0.05) is 29.8 Å². The molecule has 1 aromatic carbocycles. The summed E-state index contributed by atoms with van der Waals surface area (Å²) < 4.78 is 2.09. The number of pyridine rings is 1. The first-order valence-corrected chi connectivity index (χ1v) is 6.37. The molecule has 0 aliphatic carbocycles. The van der Waals surface area contributed by atoms with Crippen LogP contribution in [0.3, 0.4) is 0 Å². The van der Waals surface area contributed by atoms with Gasteiger partial charge in [0.15, 0.2) is 0 Å². The van der Waals surface area contributed by atoms with Gasteiger partial charge in [-0.3, -0.25) is 0 Å². The number of nitrogens with zero attached hydrogens (tertiary/aromatic N) is 2. The Labute approximate surface area is 112 Å². The summed E-state index contributed by atoms with van der Waals surface area (Å²) in [5.74, 6) is 0. The lowest BCUT2D eigenvalue weighted by molar-refractivity contribution is 0.283. The summed E-state index contributed by atoms with van der Waals surface area (Å²) in [5, 5.41) is 10.4. The lowest BCUT2D eigenvalue weighted by Gasteiger charge is -2.05. The minimum Gasteiger partial charge on any atom is -0.392 e. The van der Waals surface area contributed by atoms with Gasteiger partial charge in [0.1, 0.15) is 5.65 Å². The fourth-order valence-electron chi connectivity index (χ4n) is 2.45. The van der Waals surface area contributed by atoms with Gasteiger partial charge in [0, 0.05) is 29.9 Å². The van der Waals surface area contributed by atoms with E-state index < -0.39 is 0 Å². The standard InChI is InChI=1S/C16H16N2O/c1-12-4-2-5-13(8-12)9-18-10-14(11-19)15-6-3-7-17-16(15)18/h2-8,10,19H,9,11H2,1H3. The van der Waals surface area contributed by atoms with E-state index in [2.05, 4.69) is 40.7 Å². The van der Waals surface area contributed by atoms with Crippen LogP contribution in [0, 0.1) is 6.92 Å². The number of aliphatic hydroxyl groups is 1. The minimum atomic E-state index is 0.0447. The van der Waals surface area contributed by atoms with Crippen molar-refractivity contribution in [3.8, 4) is 0 Å². The number of aryl methyl sites for hydroxylation is 1. The molecule has 1 N–H and O–H groups in total. The van der Waals surface area contributed by atoms with Crippen LogP contribution in [-0.4, -0.2) is 14.7 Å². The highest BCUT2D eigenvalue weighted by molar-refractivity contribution is 5.80. The summed E-state index contributed by atoms with van der Waals surface area (Å²) in [4.78, 5) is 4.42. The first-order chi connectivity index (χ1) is 9.28.